The largest absolute Gasteiger partial charge is 0.481 e. The summed E-state index contributed by atoms with van der Waals surface area (Å²) < 4.78 is 6.41. The minimum absolute atomic E-state index is 0.0119. The third kappa shape index (κ3) is 6.96. The van der Waals surface area contributed by atoms with Gasteiger partial charge in [0.25, 0.3) is 5.91 Å². The average Bonchev–Trinajstić information content (AvgIpc) is 3.45. The normalized spacial score (nSPS) is 38.0. The third-order valence-electron chi connectivity index (χ3n) is 18.3. The Morgan fingerprint density at radius 2 is 1.53 bits per heavy atom. The molecule has 0 aromatic heterocycles. The van der Waals surface area contributed by atoms with Crippen molar-refractivity contribution in [3.8, 4) is 0 Å². The Balaban J connectivity index is 1.08. The molecule has 60 heavy (non-hydrogen) atoms. The SMILES string of the molecule is CC(C)C1=C2[C@H]3CC[C@@H]4[C@@]5(C)CC[C@H](OC(=O)[C@H]6C[C@@H](C(=O)O)C6(C)C)C(C)(C)[C@@H]5CC[C@@]4(C)[C@]3(C)CC[C@@]2(CC(=O)N[C@H](CO)CNC(=O)c2ccc(Cl)cc2)CC1=O. The molecule has 7 rings (SSSR count). The molecule has 5 saturated carbocycles. The molecule has 5 fully saturated rings. The molecule has 0 radical (unpaired) electrons. The Morgan fingerprint density at radius 1 is 0.850 bits per heavy atom. The lowest BCUT2D eigenvalue weighted by molar-refractivity contribution is -0.236. The standard InChI is InChI=1S/C49H69ClN2O8/c1-27(2)39-34(54)23-49(24-38(55)52-30(26-53)25-51-41(56)28-10-12-29(50)13-11-28)21-20-47(8)31(40(39)49)14-15-36-46(7)18-17-37(45(5,6)35(46)16-19-48(36,47)9)60-43(59)33-22-32(42(57)58)44(33,3)4/h10-13,27,30-33,35-37,53H,14-26H2,1-9H3,(H,51,56)(H,52,55)(H,57,58)/t30-,31+,32-,33+,35-,36+,37-,46-,47+,48+,49-/m0/s1. The van der Waals surface area contributed by atoms with Crippen molar-refractivity contribution < 1.29 is 38.9 Å². The first-order valence-corrected chi connectivity index (χ1v) is 23.0. The number of nitrogens with one attached hydrogen (secondary N) is 2. The maximum Gasteiger partial charge on any atom is 0.309 e. The van der Waals surface area contributed by atoms with E-state index in [1.807, 2.05) is 13.8 Å². The number of rotatable bonds is 11. The number of ether oxygens (including phenoxy) is 1. The molecule has 0 bridgehead atoms. The van der Waals surface area contributed by atoms with E-state index in [0.717, 1.165) is 56.9 Å². The van der Waals surface area contributed by atoms with Crippen LogP contribution in [-0.4, -0.2) is 65.0 Å². The molecule has 0 aliphatic heterocycles. The van der Waals surface area contributed by atoms with Crippen molar-refractivity contribution in [2.45, 2.75) is 145 Å². The zero-order valence-corrected chi connectivity index (χ0v) is 38.1. The number of hydrogen-bond donors (Lipinski definition) is 4. The van der Waals surface area contributed by atoms with Crippen LogP contribution in [0.1, 0.15) is 143 Å². The second kappa shape index (κ2) is 15.5. The van der Waals surface area contributed by atoms with Crippen LogP contribution >= 0.6 is 11.6 Å². The van der Waals surface area contributed by atoms with E-state index < -0.39 is 34.7 Å². The van der Waals surface area contributed by atoms with Crippen LogP contribution in [0.2, 0.25) is 5.02 Å². The van der Waals surface area contributed by atoms with E-state index in [1.165, 1.54) is 5.57 Å². The summed E-state index contributed by atoms with van der Waals surface area (Å²) in [6.45, 7) is 19.8. The predicted molar refractivity (Wildman–Crippen MR) is 230 cm³/mol. The third-order valence-corrected chi connectivity index (χ3v) is 18.6. The van der Waals surface area contributed by atoms with E-state index >= 15 is 0 Å². The number of allylic oxidation sites excluding steroid dienone is 2. The number of carbonyl (C=O) groups excluding carboxylic acids is 4. The maximum atomic E-state index is 14.1. The van der Waals surface area contributed by atoms with Crippen molar-refractivity contribution in [2.24, 2.45) is 68.0 Å². The monoisotopic (exact) mass is 848 g/mol. The molecule has 0 heterocycles. The van der Waals surface area contributed by atoms with E-state index in [-0.39, 0.29) is 82.7 Å². The summed E-state index contributed by atoms with van der Waals surface area (Å²) in [7, 11) is 0. The molecule has 0 saturated heterocycles. The lowest BCUT2D eigenvalue weighted by atomic mass is 9.33. The van der Waals surface area contributed by atoms with Gasteiger partial charge in [0.2, 0.25) is 5.91 Å². The number of carboxylic acids is 1. The zero-order chi connectivity index (χ0) is 44.0. The predicted octanol–water partition coefficient (Wildman–Crippen LogP) is 8.58. The van der Waals surface area contributed by atoms with Crippen molar-refractivity contribution in [1.29, 1.82) is 0 Å². The number of Topliss-reactive ketones (excluding diaryl/α,β-unsaturated/α-hetero) is 1. The molecule has 0 spiro atoms. The fourth-order valence-corrected chi connectivity index (χ4v) is 14.9. The van der Waals surface area contributed by atoms with Crippen LogP contribution < -0.4 is 10.6 Å². The van der Waals surface area contributed by atoms with Crippen LogP contribution in [-0.2, 0) is 23.9 Å². The molecule has 4 N–H and O–H groups in total. The Morgan fingerprint density at radius 3 is 2.15 bits per heavy atom. The summed E-state index contributed by atoms with van der Waals surface area (Å²) in [6.07, 6.45) is 8.04. The van der Waals surface area contributed by atoms with Gasteiger partial charge in [0.1, 0.15) is 6.10 Å². The molecule has 2 amide bonds. The van der Waals surface area contributed by atoms with E-state index in [9.17, 15) is 34.2 Å². The molecule has 11 atom stereocenters. The maximum absolute atomic E-state index is 14.1. The highest BCUT2D eigenvalue weighted by Gasteiger charge is 2.70. The number of fused-ring (bicyclic) bond motifs is 7. The Labute approximate surface area is 361 Å². The fourth-order valence-electron chi connectivity index (χ4n) is 14.8. The summed E-state index contributed by atoms with van der Waals surface area (Å²) in [4.78, 5) is 66.4. The number of hydrogen-bond acceptors (Lipinski definition) is 7. The van der Waals surface area contributed by atoms with Gasteiger partial charge in [0, 0.05) is 40.8 Å². The van der Waals surface area contributed by atoms with Gasteiger partial charge in [-0.3, -0.25) is 24.0 Å². The highest BCUT2D eigenvalue weighted by atomic mass is 35.5. The lowest BCUT2D eigenvalue weighted by Crippen LogP contribution is -2.66. The average molecular weight is 850 g/mol. The first-order chi connectivity index (χ1) is 28.0. The van der Waals surface area contributed by atoms with Crippen molar-refractivity contribution >= 4 is 41.1 Å². The van der Waals surface area contributed by atoms with Crippen LogP contribution in [0.4, 0.5) is 0 Å². The molecular formula is C49H69ClN2O8. The van der Waals surface area contributed by atoms with Crippen molar-refractivity contribution in [1.82, 2.24) is 10.6 Å². The van der Waals surface area contributed by atoms with Crippen LogP contribution in [0.15, 0.2) is 35.4 Å². The minimum atomic E-state index is -0.849. The molecule has 6 aliphatic carbocycles. The Kier molecular flexibility index (Phi) is 11.6. The molecular weight excluding hydrogens is 780 g/mol. The Bertz CT molecular complexity index is 1960. The van der Waals surface area contributed by atoms with Crippen molar-refractivity contribution in [3.05, 3.63) is 46.0 Å². The number of carbonyl (C=O) groups is 5. The minimum Gasteiger partial charge on any atom is -0.481 e. The molecule has 0 unspecified atom stereocenters. The van der Waals surface area contributed by atoms with Gasteiger partial charge in [0.05, 0.1) is 24.5 Å². The number of carboxylic acid groups (broad SMARTS) is 1. The summed E-state index contributed by atoms with van der Waals surface area (Å²) >= 11 is 5.98. The summed E-state index contributed by atoms with van der Waals surface area (Å²) in [5, 5.41) is 26.3. The van der Waals surface area contributed by atoms with Gasteiger partial charge in [-0.05, 0) is 133 Å². The number of aliphatic carboxylic acids is 1. The number of aliphatic hydroxyl groups excluding tert-OH is 1. The highest BCUT2D eigenvalue weighted by molar-refractivity contribution is 6.30. The van der Waals surface area contributed by atoms with Gasteiger partial charge < -0.3 is 25.6 Å². The number of amides is 2. The van der Waals surface area contributed by atoms with Gasteiger partial charge >= 0.3 is 11.9 Å². The van der Waals surface area contributed by atoms with Gasteiger partial charge in [-0.2, -0.15) is 0 Å². The Hall–Kier alpha value is -3.24. The smallest absolute Gasteiger partial charge is 0.309 e. The first kappa shape index (κ1) is 44.8. The number of ketones is 1. The summed E-state index contributed by atoms with van der Waals surface area (Å²) in [5.41, 5.74) is 1.02. The van der Waals surface area contributed by atoms with Crippen molar-refractivity contribution in [2.75, 3.05) is 13.2 Å². The quantitative estimate of drug-likeness (QED) is 0.161. The van der Waals surface area contributed by atoms with Gasteiger partial charge in [0.15, 0.2) is 5.78 Å². The summed E-state index contributed by atoms with van der Waals surface area (Å²) in [5.74, 6) is -1.44. The molecule has 1 aromatic carbocycles. The van der Waals surface area contributed by atoms with Crippen LogP contribution in [0.3, 0.4) is 0 Å². The molecule has 330 valence electrons. The number of benzene rings is 1. The van der Waals surface area contributed by atoms with E-state index in [0.29, 0.717) is 35.3 Å². The number of aliphatic hydroxyl groups is 1. The second-order valence-corrected chi connectivity index (χ2v) is 22.5. The van der Waals surface area contributed by atoms with Gasteiger partial charge in [-0.1, -0.05) is 79.5 Å². The number of halogens is 1. The van der Waals surface area contributed by atoms with Crippen molar-refractivity contribution in [3.63, 3.8) is 0 Å². The van der Waals surface area contributed by atoms with E-state index in [1.54, 1.807) is 24.3 Å². The number of esters is 1. The summed E-state index contributed by atoms with van der Waals surface area (Å²) in [6, 6.07) is 5.84. The van der Waals surface area contributed by atoms with Gasteiger partial charge in [-0.15, -0.1) is 0 Å². The molecule has 11 heteroatoms. The highest BCUT2D eigenvalue weighted by Crippen LogP contribution is 2.77. The van der Waals surface area contributed by atoms with E-state index in [4.69, 9.17) is 16.3 Å². The zero-order valence-electron chi connectivity index (χ0n) is 37.3. The fraction of sp³-hybridized carbons (Fsp3) is 0.735. The van der Waals surface area contributed by atoms with Crippen LogP contribution in [0.25, 0.3) is 0 Å². The topological polar surface area (TPSA) is 159 Å². The second-order valence-electron chi connectivity index (χ2n) is 22.1. The molecule has 10 nitrogen and oxygen atoms in total. The first-order valence-electron chi connectivity index (χ1n) is 22.6. The lowest BCUT2D eigenvalue weighted by Gasteiger charge is -2.72. The van der Waals surface area contributed by atoms with Gasteiger partial charge in [-0.25, -0.2) is 0 Å². The molecule has 6 aliphatic rings. The van der Waals surface area contributed by atoms with Crippen LogP contribution in [0.5, 0.6) is 0 Å². The molecule has 1 aromatic rings. The van der Waals surface area contributed by atoms with E-state index in [2.05, 4.69) is 59.1 Å². The van der Waals surface area contributed by atoms with Crippen LogP contribution in [0, 0.1) is 68.0 Å².